The Balaban J connectivity index is 2.63. The molecule has 0 heterocycles. The lowest BCUT2D eigenvalue weighted by Gasteiger charge is -2.16. The van der Waals surface area contributed by atoms with E-state index in [9.17, 15) is 0 Å². The maximum absolute atomic E-state index is 9.02. The molecule has 0 spiro atoms. The molecule has 0 fully saturated rings. The molecule has 0 amide bonds. The van der Waals surface area contributed by atoms with Crippen molar-refractivity contribution in [3.05, 3.63) is 28.8 Å². The molecule has 0 radical (unpaired) electrons. The average molecular weight is 302 g/mol. The van der Waals surface area contributed by atoms with E-state index in [-0.39, 0.29) is 12.6 Å². The number of aliphatic hydroxyl groups excluding tert-OH is 1. The number of hydrogen-bond acceptors (Lipinski definition) is 3. The minimum Gasteiger partial charge on any atom is -0.396 e. The molecule has 1 aromatic rings. The lowest BCUT2D eigenvalue weighted by atomic mass is 10.1. The van der Waals surface area contributed by atoms with Crippen LogP contribution in [0.1, 0.15) is 38.8 Å². The summed E-state index contributed by atoms with van der Waals surface area (Å²) < 4.78 is 0. The Morgan fingerprint density at radius 1 is 1.37 bits per heavy atom. The summed E-state index contributed by atoms with van der Waals surface area (Å²) in [5.74, 6) is 1.23. The third-order valence-electron chi connectivity index (χ3n) is 2.99. The number of nitrogens with one attached hydrogen (secondary N) is 1. The van der Waals surface area contributed by atoms with Crippen molar-refractivity contribution in [1.82, 2.24) is 5.32 Å². The van der Waals surface area contributed by atoms with E-state index in [1.54, 1.807) is 11.8 Å². The third-order valence-corrected chi connectivity index (χ3v) is 4.64. The molecule has 1 rings (SSSR count). The molecular formula is C15H24ClNOS. The second-order valence-corrected chi connectivity index (χ2v) is 6.46. The van der Waals surface area contributed by atoms with Gasteiger partial charge < -0.3 is 10.4 Å². The Hall–Kier alpha value is -0.220. The standard InChI is InChI=1S/C15H24ClNOS/c1-4-7-17-12(3)14-6-5-13(8-15(14)16)19-10-11(2)9-18/h5-6,8,11-12,17-18H,4,7,9-10H2,1-3H3. The summed E-state index contributed by atoms with van der Waals surface area (Å²) in [6, 6.07) is 6.51. The van der Waals surface area contributed by atoms with E-state index in [1.807, 2.05) is 13.0 Å². The van der Waals surface area contributed by atoms with Gasteiger partial charge in [0.25, 0.3) is 0 Å². The number of rotatable bonds is 8. The van der Waals surface area contributed by atoms with Crippen LogP contribution in [0, 0.1) is 5.92 Å². The minimum atomic E-state index is 0.233. The molecule has 0 aliphatic rings. The predicted molar refractivity (Wildman–Crippen MR) is 85.1 cm³/mol. The zero-order chi connectivity index (χ0) is 14.3. The van der Waals surface area contributed by atoms with E-state index in [1.165, 1.54) is 0 Å². The highest BCUT2D eigenvalue weighted by atomic mass is 35.5. The first-order valence-corrected chi connectivity index (χ1v) is 8.21. The van der Waals surface area contributed by atoms with Crippen molar-refractivity contribution in [2.45, 2.75) is 38.1 Å². The first-order valence-electron chi connectivity index (χ1n) is 6.85. The van der Waals surface area contributed by atoms with Gasteiger partial charge in [0.05, 0.1) is 0 Å². The van der Waals surface area contributed by atoms with Crippen molar-refractivity contribution < 1.29 is 5.11 Å². The van der Waals surface area contributed by atoms with Crippen LogP contribution in [0.15, 0.2) is 23.1 Å². The van der Waals surface area contributed by atoms with Gasteiger partial charge in [-0.2, -0.15) is 0 Å². The van der Waals surface area contributed by atoms with Crippen LogP contribution in [0.4, 0.5) is 0 Å². The average Bonchev–Trinajstić information content (AvgIpc) is 2.42. The molecule has 2 nitrogen and oxygen atoms in total. The molecule has 108 valence electrons. The molecule has 2 N–H and O–H groups in total. The Labute approximate surface area is 125 Å². The van der Waals surface area contributed by atoms with E-state index in [4.69, 9.17) is 16.7 Å². The van der Waals surface area contributed by atoms with Crippen molar-refractivity contribution >= 4 is 23.4 Å². The van der Waals surface area contributed by atoms with Crippen LogP contribution in [-0.4, -0.2) is 24.0 Å². The number of halogens is 1. The van der Waals surface area contributed by atoms with Gasteiger partial charge in [-0.1, -0.05) is 31.5 Å². The predicted octanol–water partition coefficient (Wildman–Crippen LogP) is 4.12. The lowest BCUT2D eigenvalue weighted by Crippen LogP contribution is -2.19. The highest BCUT2D eigenvalue weighted by Crippen LogP contribution is 2.29. The van der Waals surface area contributed by atoms with Gasteiger partial charge >= 0.3 is 0 Å². The fourth-order valence-electron chi connectivity index (χ4n) is 1.71. The van der Waals surface area contributed by atoms with Gasteiger partial charge in [0.1, 0.15) is 0 Å². The molecule has 0 bridgehead atoms. The summed E-state index contributed by atoms with van der Waals surface area (Å²) in [5.41, 5.74) is 1.15. The monoisotopic (exact) mass is 301 g/mol. The van der Waals surface area contributed by atoms with E-state index < -0.39 is 0 Å². The molecule has 0 aliphatic heterocycles. The molecule has 19 heavy (non-hydrogen) atoms. The second kappa shape index (κ2) is 8.85. The van der Waals surface area contributed by atoms with Crippen LogP contribution >= 0.6 is 23.4 Å². The molecular weight excluding hydrogens is 278 g/mol. The maximum Gasteiger partial charge on any atom is 0.0464 e. The summed E-state index contributed by atoms with van der Waals surface area (Å²) >= 11 is 8.09. The van der Waals surface area contributed by atoms with Crippen molar-refractivity contribution in [3.8, 4) is 0 Å². The maximum atomic E-state index is 9.02. The Kier molecular flexibility index (Phi) is 7.84. The summed E-state index contributed by atoms with van der Waals surface area (Å²) in [4.78, 5) is 1.16. The second-order valence-electron chi connectivity index (χ2n) is 4.96. The van der Waals surface area contributed by atoms with Gasteiger partial charge in [0.2, 0.25) is 0 Å². The van der Waals surface area contributed by atoms with E-state index in [0.29, 0.717) is 5.92 Å². The van der Waals surface area contributed by atoms with Gasteiger partial charge in [-0.15, -0.1) is 11.8 Å². The van der Waals surface area contributed by atoms with Crippen LogP contribution in [0.2, 0.25) is 5.02 Å². The van der Waals surface area contributed by atoms with Gasteiger partial charge in [-0.25, -0.2) is 0 Å². The normalized spacial score (nSPS) is 14.4. The minimum absolute atomic E-state index is 0.233. The van der Waals surface area contributed by atoms with E-state index in [2.05, 4.69) is 31.3 Å². The molecule has 0 aromatic heterocycles. The molecule has 4 heteroatoms. The summed E-state index contributed by atoms with van der Waals surface area (Å²) in [7, 11) is 0. The van der Waals surface area contributed by atoms with Gasteiger partial charge in [-0.3, -0.25) is 0 Å². The first-order chi connectivity index (χ1) is 9.08. The summed E-state index contributed by atoms with van der Waals surface area (Å²) in [5, 5.41) is 13.3. The first kappa shape index (κ1) is 16.8. The van der Waals surface area contributed by atoms with Crippen LogP contribution in [0.3, 0.4) is 0 Å². The Bertz CT molecular complexity index is 386. The van der Waals surface area contributed by atoms with Gasteiger partial charge in [-0.05, 0) is 43.5 Å². The molecule has 2 unspecified atom stereocenters. The van der Waals surface area contributed by atoms with Crippen LogP contribution < -0.4 is 5.32 Å². The summed E-state index contributed by atoms with van der Waals surface area (Å²) in [6.45, 7) is 7.57. The zero-order valence-electron chi connectivity index (χ0n) is 11.9. The zero-order valence-corrected chi connectivity index (χ0v) is 13.5. The molecule has 1 aromatic carbocycles. The van der Waals surface area contributed by atoms with E-state index >= 15 is 0 Å². The highest BCUT2D eigenvalue weighted by molar-refractivity contribution is 7.99. The number of benzene rings is 1. The quantitative estimate of drug-likeness (QED) is 0.708. The fraction of sp³-hybridized carbons (Fsp3) is 0.600. The Morgan fingerprint density at radius 2 is 2.11 bits per heavy atom. The van der Waals surface area contributed by atoms with Crippen molar-refractivity contribution in [2.24, 2.45) is 5.92 Å². The van der Waals surface area contributed by atoms with Crippen LogP contribution in [-0.2, 0) is 0 Å². The number of aliphatic hydroxyl groups is 1. The largest absolute Gasteiger partial charge is 0.396 e. The van der Waals surface area contributed by atoms with Crippen LogP contribution in [0.25, 0.3) is 0 Å². The third kappa shape index (κ3) is 5.74. The fourth-order valence-corrected chi connectivity index (χ4v) is 3.07. The van der Waals surface area contributed by atoms with E-state index in [0.717, 1.165) is 34.2 Å². The Morgan fingerprint density at radius 3 is 2.68 bits per heavy atom. The van der Waals surface area contributed by atoms with Crippen LogP contribution in [0.5, 0.6) is 0 Å². The lowest BCUT2D eigenvalue weighted by molar-refractivity contribution is 0.250. The summed E-state index contributed by atoms with van der Waals surface area (Å²) in [6.07, 6.45) is 1.12. The molecule has 0 aliphatic carbocycles. The smallest absolute Gasteiger partial charge is 0.0464 e. The molecule has 0 saturated heterocycles. The van der Waals surface area contributed by atoms with Crippen molar-refractivity contribution in [3.63, 3.8) is 0 Å². The highest BCUT2D eigenvalue weighted by Gasteiger charge is 2.10. The SMILES string of the molecule is CCCNC(C)c1ccc(SCC(C)CO)cc1Cl. The van der Waals surface area contributed by atoms with Crippen molar-refractivity contribution in [1.29, 1.82) is 0 Å². The van der Waals surface area contributed by atoms with Gasteiger partial charge in [0.15, 0.2) is 0 Å². The number of thioether (sulfide) groups is 1. The topological polar surface area (TPSA) is 32.3 Å². The van der Waals surface area contributed by atoms with Crippen molar-refractivity contribution in [2.75, 3.05) is 18.9 Å². The number of hydrogen-bond donors (Lipinski definition) is 2. The molecule has 0 saturated carbocycles. The molecule has 2 atom stereocenters. The van der Waals surface area contributed by atoms with Gasteiger partial charge in [0, 0.05) is 28.3 Å².